The smallest absolute Gasteiger partial charge is 0.309 e. The van der Waals surface area contributed by atoms with Crippen molar-refractivity contribution in [3.05, 3.63) is 51.5 Å². The molecule has 0 aliphatic carbocycles. The Balaban J connectivity index is 2.22. The van der Waals surface area contributed by atoms with Crippen LogP contribution in [0.15, 0.2) is 45.2 Å². The van der Waals surface area contributed by atoms with Crippen LogP contribution in [0, 0.1) is 0 Å². The molecule has 0 fully saturated rings. The van der Waals surface area contributed by atoms with Crippen LogP contribution in [-0.4, -0.2) is 16.7 Å². The summed E-state index contributed by atoms with van der Waals surface area (Å²) in [5.74, 6) is 0. The van der Waals surface area contributed by atoms with E-state index >= 15 is 0 Å². The molecule has 0 spiro atoms. The molecule has 0 aliphatic rings. The van der Waals surface area contributed by atoms with E-state index in [1.165, 1.54) is 0 Å². The van der Waals surface area contributed by atoms with Crippen LogP contribution in [0.4, 0.5) is 5.69 Å². The molecule has 0 amide bonds. The minimum atomic E-state index is -0.456. The average Bonchev–Trinajstić information content (AvgIpc) is 2.81. The van der Waals surface area contributed by atoms with E-state index in [9.17, 15) is 4.79 Å². The van der Waals surface area contributed by atoms with Crippen LogP contribution in [0.25, 0.3) is 0 Å². The number of aromatic nitrogens is 2. The number of rotatable bonds is 6. The zero-order valence-corrected chi connectivity index (χ0v) is 11.4. The molecule has 2 aromatic rings. The lowest BCUT2D eigenvalue weighted by molar-refractivity contribution is 0.627. The predicted molar refractivity (Wildman–Crippen MR) is 75.4 cm³/mol. The number of hydrogen-bond acceptors (Lipinski definition) is 6. The maximum absolute atomic E-state index is 11.6. The second-order valence-electron chi connectivity index (χ2n) is 4.35. The second kappa shape index (κ2) is 7.28. The van der Waals surface area contributed by atoms with E-state index < -0.39 is 5.56 Å². The van der Waals surface area contributed by atoms with Gasteiger partial charge in [0.2, 0.25) is 5.49 Å². The number of nitrogens with zero attached hydrogens (tertiary/aromatic N) is 4. The van der Waals surface area contributed by atoms with Crippen molar-refractivity contribution >= 4 is 5.69 Å². The SMILES string of the molecule is CCCCCNN=c1c(=O)nnc1=Nc1ccccc1. The van der Waals surface area contributed by atoms with E-state index in [4.69, 9.17) is 0 Å². The van der Waals surface area contributed by atoms with Crippen molar-refractivity contribution in [1.29, 1.82) is 0 Å². The lowest BCUT2D eigenvalue weighted by Gasteiger charge is -1.96. The normalized spacial score (nSPS) is 12.8. The molecule has 20 heavy (non-hydrogen) atoms. The summed E-state index contributed by atoms with van der Waals surface area (Å²) in [4.78, 5) is 15.9. The van der Waals surface area contributed by atoms with Gasteiger partial charge in [-0.05, 0) is 18.6 Å². The fraction of sp³-hybridized carbons (Fsp3) is 0.357. The summed E-state index contributed by atoms with van der Waals surface area (Å²) in [7, 11) is 0. The highest BCUT2D eigenvalue weighted by Crippen LogP contribution is 2.06. The number of unbranched alkanes of at least 4 members (excludes halogenated alkanes) is 2. The number of hydrogen-bond donors (Lipinski definition) is 1. The fourth-order valence-electron chi connectivity index (χ4n) is 1.67. The van der Waals surface area contributed by atoms with Crippen molar-refractivity contribution in [2.75, 3.05) is 6.54 Å². The van der Waals surface area contributed by atoms with Crippen molar-refractivity contribution in [2.45, 2.75) is 26.2 Å². The fourth-order valence-corrected chi connectivity index (χ4v) is 1.67. The third-order valence-corrected chi connectivity index (χ3v) is 2.72. The molecule has 1 N–H and O–H groups in total. The zero-order valence-electron chi connectivity index (χ0n) is 11.4. The molecule has 2 rings (SSSR count). The largest absolute Gasteiger partial charge is 0.319 e. The lowest BCUT2D eigenvalue weighted by atomic mass is 10.3. The number of nitrogens with one attached hydrogen (secondary N) is 1. The minimum Gasteiger partial charge on any atom is -0.309 e. The molecular formula is C14H17N5O. The molecule has 0 radical (unpaired) electrons. The monoisotopic (exact) mass is 271 g/mol. The van der Waals surface area contributed by atoms with Gasteiger partial charge in [0.15, 0.2) is 5.36 Å². The van der Waals surface area contributed by atoms with Crippen LogP contribution in [0.1, 0.15) is 26.2 Å². The molecular weight excluding hydrogens is 254 g/mol. The van der Waals surface area contributed by atoms with Gasteiger partial charge in [-0.1, -0.05) is 38.0 Å². The third-order valence-electron chi connectivity index (χ3n) is 2.72. The Bertz CT molecular complexity index is 686. The zero-order chi connectivity index (χ0) is 14.2. The van der Waals surface area contributed by atoms with Gasteiger partial charge in [-0.25, -0.2) is 4.99 Å². The van der Waals surface area contributed by atoms with E-state index in [0.29, 0.717) is 0 Å². The van der Waals surface area contributed by atoms with Gasteiger partial charge in [-0.15, -0.1) is 10.2 Å². The first-order valence-electron chi connectivity index (χ1n) is 6.72. The quantitative estimate of drug-likeness (QED) is 0.614. The molecule has 104 valence electrons. The third kappa shape index (κ3) is 3.81. The van der Waals surface area contributed by atoms with E-state index in [1.807, 2.05) is 30.3 Å². The summed E-state index contributed by atoms with van der Waals surface area (Å²) in [5, 5.41) is 11.5. The van der Waals surface area contributed by atoms with Gasteiger partial charge in [-0.3, -0.25) is 4.79 Å². The summed E-state index contributed by atoms with van der Waals surface area (Å²) in [6.45, 7) is 2.86. The molecule has 0 saturated heterocycles. The Kier molecular flexibility index (Phi) is 5.11. The second-order valence-corrected chi connectivity index (χ2v) is 4.35. The first-order valence-corrected chi connectivity index (χ1v) is 6.72. The highest BCUT2D eigenvalue weighted by Gasteiger charge is 2.01. The molecule has 1 heterocycles. The van der Waals surface area contributed by atoms with Crippen molar-refractivity contribution < 1.29 is 0 Å². The maximum atomic E-state index is 11.6. The number of benzene rings is 1. The number of para-hydroxylation sites is 1. The standard InChI is InChI=1S/C14H17N5O/c1-2-3-7-10-15-17-12-13(18-19-14(12)20)16-11-8-5-4-6-9-11/h4-6,8-9,15H,2-3,7,10H2,1H3. The Morgan fingerprint density at radius 2 is 1.95 bits per heavy atom. The molecule has 6 nitrogen and oxygen atoms in total. The van der Waals surface area contributed by atoms with Crippen molar-refractivity contribution in [1.82, 2.24) is 15.6 Å². The van der Waals surface area contributed by atoms with Gasteiger partial charge in [0.25, 0.3) is 0 Å². The molecule has 0 saturated carbocycles. The maximum Gasteiger partial charge on any atom is 0.319 e. The highest BCUT2D eigenvalue weighted by atomic mass is 16.1. The Hall–Kier alpha value is -2.37. The van der Waals surface area contributed by atoms with Crippen molar-refractivity contribution in [2.24, 2.45) is 10.1 Å². The van der Waals surface area contributed by atoms with Gasteiger partial charge in [0.05, 0.1) is 5.69 Å². The van der Waals surface area contributed by atoms with E-state index in [2.05, 4.69) is 32.6 Å². The molecule has 0 atom stereocenters. The van der Waals surface area contributed by atoms with Gasteiger partial charge in [0.1, 0.15) is 0 Å². The van der Waals surface area contributed by atoms with Crippen LogP contribution in [0.5, 0.6) is 0 Å². The summed E-state index contributed by atoms with van der Waals surface area (Å²) < 4.78 is 0. The van der Waals surface area contributed by atoms with Crippen LogP contribution in [0.3, 0.4) is 0 Å². The van der Waals surface area contributed by atoms with E-state index in [0.717, 1.165) is 31.5 Å². The predicted octanol–water partition coefficient (Wildman–Crippen LogP) is 0.540. The first kappa shape index (κ1) is 14.0. The van der Waals surface area contributed by atoms with Crippen LogP contribution in [-0.2, 0) is 0 Å². The Morgan fingerprint density at radius 3 is 2.70 bits per heavy atom. The Morgan fingerprint density at radius 1 is 1.15 bits per heavy atom. The van der Waals surface area contributed by atoms with Gasteiger partial charge < -0.3 is 5.43 Å². The highest BCUT2D eigenvalue weighted by molar-refractivity contribution is 5.35. The summed E-state index contributed by atoms with van der Waals surface area (Å²) in [6.07, 6.45) is 3.29. The molecule has 6 heteroatoms. The minimum absolute atomic E-state index is 0.172. The molecule has 0 aliphatic heterocycles. The van der Waals surface area contributed by atoms with Crippen molar-refractivity contribution in [3.8, 4) is 0 Å². The van der Waals surface area contributed by atoms with Gasteiger partial charge in [0, 0.05) is 6.54 Å². The van der Waals surface area contributed by atoms with Crippen LogP contribution < -0.4 is 21.8 Å². The molecule has 0 bridgehead atoms. The molecule has 1 aromatic heterocycles. The topological polar surface area (TPSA) is 79.6 Å². The van der Waals surface area contributed by atoms with Crippen LogP contribution in [0.2, 0.25) is 0 Å². The summed E-state index contributed by atoms with van der Waals surface area (Å²) in [5.41, 5.74) is 3.39. The van der Waals surface area contributed by atoms with E-state index in [1.54, 1.807) is 0 Å². The average molecular weight is 271 g/mol. The van der Waals surface area contributed by atoms with Gasteiger partial charge in [-0.2, -0.15) is 5.10 Å². The van der Waals surface area contributed by atoms with Crippen molar-refractivity contribution in [3.63, 3.8) is 0 Å². The Labute approximate surface area is 116 Å². The molecule has 1 aromatic carbocycles. The van der Waals surface area contributed by atoms with Gasteiger partial charge >= 0.3 is 5.56 Å². The van der Waals surface area contributed by atoms with E-state index in [-0.39, 0.29) is 10.8 Å². The summed E-state index contributed by atoms with van der Waals surface area (Å²) >= 11 is 0. The summed E-state index contributed by atoms with van der Waals surface area (Å²) in [6, 6.07) is 9.30. The van der Waals surface area contributed by atoms with Crippen LogP contribution >= 0.6 is 0 Å². The lowest BCUT2D eigenvalue weighted by Crippen LogP contribution is -2.36. The first-order chi connectivity index (χ1) is 9.81. The molecule has 0 unspecified atom stereocenters.